The second-order valence-electron chi connectivity index (χ2n) is 4.98. The number of carbonyl (C=O) groups is 1. The molecule has 3 nitrogen and oxygen atoms in total. The Kier molecular flexibility index (Phi) is 5.39. The van der Waals surface area contributed by atoms with E-state index >= 15 is 0 Å². The Balaban J connectivity index is 1.95. The van der Waals surface area contributed by atoms with Gasteiger partial charge in [0, 0.05) is 6.07 Å². The molecule has 0 bridgehead atoms. The second-order valence-corrected chi connectivity index (χ2v) is 5.38. The zero-order chi connectivity index (χ0) is 16.1. The van der Waals surface area contributed by atoms with Gasteiger partial charge < -0.3 is 10.1 Å². The third-order valence-electron chi connectivity index (χ3n) is 3.23. The molecular formula is C17H17ClFNO2. The zero-order valence-electron chi connectivity index (χ0n) is 12.3. The number of hydrogen-bond acceptors (Lipinski definition) is 2. The number of amides is 1. The summed E-state index contributed by atoms with van der Waals surface area (Å²) in [5.41, 5.74) is 1.01. The molecule has 1 amide bonds. The minimum absolute atomic E-state index is 0.0391. The normalized spacial score (nSPS) is 13.3. The molecule has 2 rings (SSSR count). The van der Waals surface area contributed by atoms with E-state index in [0.717, 1.165) is 5.56 Å². The van der Waals surface area contributed by atoms with Crippen LogP contribution in [0, 0.1) is 5.82 Å². The first-order chi connectivity index (χ1) is 10.5. The van der Waals surface area contributed by atoms with Crippen molar-refractivity contribution in [2.75, 3.05) is 0 Å². The summed E-state index contributed by atoms with van der Waals surface area (Å²) in [6, 6.07) is 13.5. The second kappa shape index (κ2) is 7.27. The third kappa shape index (κ3) is 4.21. The summed E-state index contributed by atoms with van der Waals surface area (Å²) in [7, 11) is 0. The van der Waals surface area contributed by atoms with Crippen molar-refractivity contribution in [3.05, 3.63) is 64.9 Å². The van der Waals surface area contributed by atoms with Crippen LogP contribution in [0.5, 0.6) is 5.75 Å². The zero-order valence-corrected chi connectivity index (χ0v) is 13.1. The van der Waals surface area contributed by atoms with E-state index in [1.807, 2.05) is 37.3 Å². The monoisotopic (exact) mass is 321 g/mol. The number of nitrogens with one attached hydrogen (secondary N) is 1. The highest BCUT2D eigenvalue weighted by molar-refractivity contribution is 6.30. The first kappa shape index (κ1) is 16.3. The molecule has 0 saturated heterocycles. The predicted octanol–water partition coefficient (Wildman–Crippen LogP) is 4.12. The van der Waals surface area contributed by atoms with Gasteiger partial charge in [0.25, 0.3) is 5.91 Å². The lowest BCUT2D eigenvalue weighted by atomic mass is 10.1. The van der Waals surface area contributed by atoms with Crippen LogP contribution in [0.4, 0.5) is 4.39 Å². The highest BCUT2D eigenvalue weighted by Crippen LogP contribution is 2.22. The van der Waals surface area contributed by atoms with Crippen molar-refractivity contribution in [2.45, 2.75) is 26.0 Å². The van der Waals surface area contributed by atoms with E-state index in [1.165, 1.54) is 18.2 Å². The van der Waals surface area contributed by atoms with Gasteiger partial charge in [-0.2, -0.15) is 0 Å². The van der Waals surface area contributed by atoms with Gasteiger partial charge in [0.2, 0.25) is 0 Å². The molecule has 2 unspecified atom stereocenters. The standard InChI is InChI=1S/C17H17ClFNO2/c1-11(13-6-4-3-5-7-13)20-17(21)12(2)22-14-8-9-16(19)15(18)10-14/h3-12H,1-2H3,(H,20,21). The Bertz CT molecular complexity index is 648. The van der Waals surface area contributed by atoms with E-state index in [4.69, 9.17) is 16.3 Å². The van der Waals surface area contributed by atoms with Crippen LogP contribution in [0.25, 0.3) is 0 Å². The van der Waals surface area contributed by atoms with Gasteiger partial charge in [0.15, 0.2) is 6.10 Å². The van der Waals surface area contributed by atoms with Crippen LogP contribution in [0.3, 0.4) is 0 Å². The SMILES string of the molecule is CC(Oc1ccc(F)c(Cl)c1)C(=O)NC(C)c1ccccc1. The van der Waals surface area contributed by atoms with Crippen molar-refractivity contribution in [1.29, 1.82) is 0 Å². The van der Waals surface area contributed by atoms with Crippen LogP contribution in [0.1, 0.15) is 25.5 Å². The first-order valence-corrected chi connectivity index (χ1v) is 7.32. The number of ether oxygens (including phenoxy) is 1. The molecule has 2 atom stereocenters. The average molecular weight is 322 g/mol. The number of halogens is 2. The smallest absolute Gasteiger partial charge is 0.261 e. The van der Waals surface area contributed by atoms with Crippen molar-refractivity contribution in [3.63, 3.8) is 0 Å². The molecule has 0 radical (unpaired) electrons. The molecule has 0 fully saturated rings. The van der Waals surface area contributed by atoms with Crippen LogP contribution in [-0.4, -0.2) is 12.0 Å². The molecule has 2 aromatic rings. The fourth-order valence-electron chi connectivity index (χ4n) is 1.96. The molecule has 0 aromatic heterocycles. The van der Waals surface area contributed by atoms with Crippen molar-refractivity contribution in [1.82, 2.24) is 5.32 Å². The van der Waals surface area contributed by atoms with Gasteiger partial charge in [-0.1, -0.05) is 41.9 Å². The lowest BCUT2D eigenvalue weighted by Crippen LogP contribution is -2.37. The highest BCUT2D eigenvalue weighted by Gasteiger charge is 2.18. The quantitative estimate of drug-likeness (QED) is 0.899. The van der Waals surface area contributed by atoms with Crippen LogP contribution in [0.2, 0.25) is 5.02 Å². The van der Waals surface area contributed by atoms with E-state index in [0.29, 0.717) is 5.75 Å². The van der Waals surface area contributed by atoms with E-state index in [9.17, 15) is 9.18 Å². The third-order valence-corrected chi connectivity index (χ3v) is 3.52. The number of carbonyl (C=O) groups excluding carboxylic acids is 1. The molecule has 1 N–H and O–H groups in total. The summed E-state index contributed by atoms with van der Waals surface area (Å²) in [5, 5.41) is 2.83. The summed E-state index contributed by atoms with van der Waals surface area (Å²) in [6.07, 6.45) is -0.715. The van der Waals surface area contributed by atoms with E-state index < -0.39 is 11.9 Å². The van der Waals surface area contributed by atoms with Gasteiger partial charge in [0.05, 0.1) is 11.1 Å². The minimum Gasteiger partial charge on any atom is -0.481 e. The summed E-state index contributed by atoms with van der Waals surface area (Å²) in [6.45, 7) is 3.53. The van der Waals surface area contributed by atoms with Gasteiger partial charge in [-0.05, 0) is 31.5 Å². The maximum atomic E-state index is 13.1. The van der Waals surface area contributed by atoms with Crippen molar-refractivity contribution in [3.8, 4) is 5.75 Å². The number of benzene rings is 2. The maximum absolute atomic E-state index is 13.1. The fourth-order valence-corrected chi connectivity index (χ4v) is 2.13. The topological polar surface area (TPSA) is 38.3 Å². The van der Waals surface area contributed by atoms with Crippen LogP contribution in [0.15, 0.2) is 48.5 Å². The molecule has 0 aliphatic heterocycles. The molecule has 22 heavy (non-hydrogen) atoms. The number of rotatable bonds is 5. The molecule has 0 spiro atoms. The predicted molar refractivity (Wildman–Crippen MR) is 84.5 cm³/mol. The minimum atomic E-state index is -0.715. The Morgan fingerprint density at radius 3 is 2.50 bits per heavy atom. The molecule has 0 aliphatic rings. The molecule has 116 valence electrons. The summed E-state index contributed by atoms with van der Waals surface area (Å²) in [5.74, 6) is -0.429. The van der Waals surface area contributed by atoms with Gasteiger partial charge >= 0.3 is 0 Å². The van der Waals surface area contributed by atoms with E-state index in [1.54, 1.807) is 6.92 Å². The lowest BCUT2D eigenvalue weighted by molar-refractivity contribution is -0.127. The summed E-state index contributed by atoms with van der Waals surface area (Å²) in [4.78, 5) is 12.1. The Labute approximate surface area is 134 Å². The van der Waals surface area contributed by atoms with Gasteiger partial charge in [-0.25, -0.2) is 4.39 Å². The van der Waals surface area contributed by atoms with Crippen LogP contribution >= 0.6 is 11.6 Å². The molecule has 0 heterocycles. The van der Waals surface area contributed by atoms with Gasteiger partial charge in [-0.15, -0.1) is 0 Å². The van der Waals surface area contributed by atoms with Crippen LogP contribution in [-0.2, 0) is 4.79 Å². The lowest BCUT2D eigenvalue weighted by Gasteiger charge is -2.19. The molecule has 0 aliphatic carbocycles. The summed E-state index contributed by atoms with van der Waals surface area (Å²) < 4.78 is 18.6. The first-order valence-electron chi connectivity index (χ1n) is 6.94. The number of hydrogen-bond donors (Lipinski definition) is 1. The Hall–Kier alpha value is -2.07. The largest absolute Gasteiger partial charge is 0.481 e. The molecular weight excluding hydrogens is 305 g/mol. The van der Waals surface area contributed by atoms with E-state index in [2.05, 4.69) is 5.32 Å². The maximum Gasteiger partial charge on any atom is 0.261 e. The van der Waals surface area contributed by atoms with Crippen LogP contribution < -0.4 is 10.1 Å². The average Bonchev–Trinajstić information content (AvgIpc) is 2.51. The van der Waals surface area contributed by atoms with Crippen molar-refractivity contribution in [2.24, 2.45) is 0 Å². The Morgan fingerprint density at radius 2 is 1.86 bits per heavy atom. The van der Waals surface area contributed by atoms with Crippen molar-refractivity contribution < 1.29 is 13.9 Å². The molecule has 5 heteroatoms. The fraction of sp³-hybridized carbons (Fsp3) is 0.235. The van der Waals surface area contributed by atoms with E-state index in [-0.39, 0.29) is 17.0 Å². The molecule has 2 aromatic carbocycles. The summed E-state index contributed by atoms with van der Waals surface area (Å²) >= 11 is 5.69. The van der Waals surface area contributed by atoms with Gasteiger partial charge in [-0.3, -0.25) is 4.79 Å². The van der Waals surface area contributed by atoms with Gasteiger partial charge in [0.1, 0.15) is 11.6 Å². The highest BCUT2D eigenvalue weighted by atomic mass is 35.5. The molecule has 0 saturated carbocycles. The van der Waals surface area contributed by atoms with Crippen molar-refractivity contribution >= 4 is 17.5 Å². The Morgan fingerprint density at radius 1 is 1.18 bits per heavy atom.